The van der Waals surface area contributed by atoms with Crippen LogP contribution in [0.3, 0.4) is 0 Å². The van der Waals surface area contributed by atoms with Crippen molar-refractivity contribution in [1.29, 1.82) is 0 Å². The van der Waals surface area contributed by atoms with E-state index in [0.29, 0.717) is 18.0 Å². The van der Waals surface area contributed by atoms with Gasteiger partial charge in [-0.15, -0.1) is 0 Å². The highest BCUT2D eigenvalue weighted by Crippen LogP contribution is 2.23. The summed E-state index contributed by atoms with van der Waals surface area (Å²) in [6.07, 6.45) is 2.27. The summed E-state index contributed by atoms with van der Waals surface area (Å²) < 4.78 is 0. The Morgan fingerprint density at radius 2 is 2.05 bits per heavy atom. The molecule has 104 valence electrons. The Balaban J connectivity index is 1.81. The molecule has 0 bridgehead atoms. The van der Waals surface area contributed by atoms with Crippen molar-refractivity contribution in [3.8, 4) is 0 Å². The number of benzene rings is 1. The average Bonchev–Trinajstić information content (AvgIpc) is 2.45. The number of carbonyl (C=O) groups excluding carboxylic acids is 1. The number of hydrogen-bond acceptors (Lipinski definition) is 3. The van der Waals surface area contributed by atoms with Crippen LogP contribution in [-0.2, 0) is 4.79 Å². The highest BCUT2D eigenvalue weighted by molar-refractivity contribution is 5.81. The van der Waals surface area contributed by atoms with Crippen molar-refractivity contribution in [2.45, 2.75) is 37.9 Å². The van der Waals surface area contributed by atoms with Crippen LogP contribution < -0.4 is 5.32 Å². The molecule has 1 aliphatic rings. The van der Waals surface area contributed by atoms with Crippen LogP contribution in [-0.4, -0.2) is 28.8 Å². The van der Waals surface area contributed by atoms with E-state index in [-0.39, 0.29) is 12.0 Å². The van der Waals surface area contributed by atoms with Gasteiger partial charge < -0.3 is 15.5 Å². The monoisotopic (exact) mass is 263 g/mol. The summed E-state index contributed by atoms with van der Waals surface area (Å²) in [5.41, 5.74) is 0.601. The molecule has 1 aromatic carbocycles. The molecular weight excluding hydrogens is 242 g/mol. The molecule has 0 spiro atoms. The van der Waals surface area contributed by atoms with E-state index in [1.54, 1.807) is 24.3 Å². The fraction of sp³-hybridized carbons (Fsp3) is 0.533. The Bertz CT molecular complexity index is 407. The van der Waals surface area contributed by atoms with Crippen LogP contribution in [0.5, 0.6) is 0 Å². The van der Waals surface area contributed by atoms with E-state index in [4.69, 9.17) is 0 Å². The minimum atomic E-state index is -1.12. The first kappa shape index (κ1) is 14.0. The van der Waals surface area contributed by atoms with Gasteiger partial charge in [-0.2, -0.15) is 0 Å². The van der Waals surface area contributed by atoms with E-state index in [0.717, 1.165) is 25.7 Å². The van der Waals surface area contributed by atoms with Crippen molar-refractivity contribution in [1.82, 2.24) is 5.32 Å². The standard InChI is InChI=1S/C15H21NO3/c17-13-8-4-5-11(9-13)10-16-15(19)14(18)12-6-2-1-3-7-12/h1-3,6-7,11,13-14,17-18H,4-5,8-10H2,(H,16,19). The fourth-order valence-corrected chi connectivity index (χ4v) is 2.58. The molecule has 1 aliphatic carbocycles. The SMILES string of the molecule is O=C(NCC1CCCC(O)C1)C(O)c1ccccc1. The first-order valence-corrected chi connectivity index (χ1v) is 6.85. The number of nitrogens with one attached hydrogen (secondary N) is 1. The van der Waals surface area contributed by atoms with Crippen LogP contribution in [0, 0.1) is 5.92 Å². The Kier molecular flexibility index (Phi) is 4.93. The molecule has 1 amide bonds. The van der Waals surface area contributed by atoms with Crippen molar-refractivity contribution in [3.63, 3.8) is 0 Å². The van der Waals surface area contributed by atoms with Crippen molar-refractivity contribution in [3.05, 3.63) is 35.9 Å². The number of hydrogen-bond donors (Lipinski definition) is 3. The van der Waals surface area contributed by atoms with Crippen LogP contribution in [0.15, 0.2) is 30.3 Å². The Morgan fingerprint density at radius 1 is 1.32 bits per heavy atom. The van der Waals surface area contributed by atoms with Gasteiger partial charge in [-0.25, -0.2) is 0 Å². The number of rotatable bonds is 4. The minimum absolute atomic E-state index is 0.241. The fourth-order valence-electron chi connectivity index (χ4n) is 2.58. The largest absolute Gasteiger partial charge is 0.393 e. The molecule has 0 aliphatic heterocycles. The van der Waals surface area contributed by atoms with Crippen molar-refractivity contribution >= 4 is 5.91 Å². The van der Waals surface area contributed by atoms with Crippen molar-refractivity contribution in [2.24, 2.45) is 5.92 Å². The maximum absolute atomic E-state index is 11.8. The smallest absolute Gasteiger partial charge is 0.253 e. The lowest BCUT2D eigenvalue weighted by atomic mass is 9.87. The molecule has 3 unspecified atom stereocenters. The van der Waals surface area contributed by atoms with E-state index in [2.05, 4.69) is 5.32 Å². The molecule has 2 rings (SSSR count). The normalized spacial score (nSPS) is 24.7. The lowest BCUT2D eigenvalue weighted by molar-refractivity contribution is -0.129. The van der Waals surface area contributed by atoms with Crippen molar-refractivity contribution < 1.29 is 15.0 Å². The first-order chi connectivity index (χ1) is 9.16. The van der Waals surface area contributed by atoms with E-state index in [9.17, 15) is 15.0 Å². The second-order valence-corrected chi connectivity index (χ2v) is 5.24. The average molecular weight is 263 g/mol. The van der Waals surface area contributed by atoms with Crippen molar-refractivity contribution in [2.75, 3.05) is 6.54 Å². The molecule has 19 heavy (non-hydrogen) atoms. The third-order valence-corrected chi connectivity index (χ3v) is 3.68. The zero-order valence-electron chi connectivity index (χ0n) is 11.0. The molecule has 0 saturated heterocycles. The predicted molar refractivity (Wildman–Crippen MR) is 72.4 cm³/mol. The Morgan fingerprint density at radius 3 is 2.74 bits per heavy atom. The highest BCUT2D eigenvalue weighted by Gasteiger charge is 2.22. The molecule has 1 saturated carbocycles. The number of aliphatic hydroxyl groups is 2. The lowest BCUT2D eigenvalue weighted by Crippen LogP contribution is -2.35. The minimum Gasteiger partial charge on any atom is -0.393 e. The van der Waals surface area contributed by atoms with Gasteiger partial charge in [0.15, 0.2) is 6.10 Å². The quantitative estimate of drug-likeness (QED) is 0.769. The molecule has 4 nitrogen and oxygen atoms in total. The summed E-state index contributed by atoms with van der Waals surface area (Å²) in [6.45, 7) is 0.528. The number of carbonyl (C=O) groups is 1. The summed E-state index contributed by atoms with van der Waals surface area (Å²) in [4.78, 5) is 11.8. The molecule has 3 N–H and O–H groups in total. The zero-order chi connectivity index (χ0) is 13.7. The number of amides is 1. The van der Waals surface area contributed by atoms with Crippen LogP contribution in [0.1, 0.15) is 37.4 Å². The Hall–Kier alpha value is -1.39. The van der Waals surface area contributed by atoms with E-state index < -0.39 is 6.10 Å². The van der Waals surface area contributed by atoms with Crippen LogP contribution in [0.25, 0.3) is 0 Å². The summed E-state index contributed by atoms with van der Waals surface area (Å²) in [5, 5.41) is 22.3. The lowest BCUT2D eigenvalue weighted by Gasteiger charge is -2.26. The van der Waals surface area contributed by atoms with Crippen LogP contribution >= 0.6 is 0 Å². The van der Waals surface area contributed by atoms with Gasteiger partial charge in [0.1, 0.15) is 0 Å². The molecule has 0 heterocycles. The Labute approximate surface area is 113 Å². The summed E-state index contributed by atoms with van der Waals surface area (Å²) in [6, 6.07) is 8.90. The van der Waals surface area contributed by atoms with Crippen LogP contribution in [0.2, 0.25) is 0 Å². The highest BCUT2D eigenvalue weighted by atomic mass is 16.3. The van der Waals surface area contributed by atoms with Gasteiger partial charge in [0.05, 0.1) is 6.10 Å². The van der Waals surface area contributed by atoms with Gasteiger partial charge in [-0.3, -0.25) is 4.79 Å². The van der Waals surface area contributed by atoms with Crippen LogP contribution in [0.4, 0.5) is 0 Å². The topological polar surface area (TPSA) is 69.6 Å². The maximum atomic E-state index is 11.8. The second kappa shape index (κ2) is 6.68. The molecule has 3 atom stereocenters. The predicted octanol–water partition coefficient (Wildman–Crippen LogP) is 1.39. The molecule has 0 aromatic heterocycles. The molecule has 1 fully saturated rings. The van der Waals surface area contributed by atoms with E-state index in [1.165, 1.54) is 0 Å². The van der Waals surface area contributed by atoms with E-state index >= 15 is 0 Å². The molecule has 0 radical (unpaired) electrons. The molecule has 4 heteroatoms. The third-order valence-electron chi connectivity index (χ3n) is 3.68. The second-order valence-electron chi connectivity index (χ2n) is 5.24. The van der Waals surface area contributed by atoms with Gasteiger partial charge >= 0.3 is 0 Å². The number of aliphatic hydroxyl groups excluding tert-OH is 2. The first-order valence-electron chi connectivity index (χ1n) is 6.85. The summed E-state index contributed by atoms with van der Waals surface area (Å²) in [5.74, 6) is -0.0538. The third kappa shape index (κ3) is 4.04. The maximum Gasteiger partial charge on any atom is 0.253 e. The molecule has 1 aromatic rings. The zero-order valence-corrected chi connectivity index (χ0v) is 11.0. The summed E-state index contributed by atoms with van der Waals surface area (Å²) >= 11 is 0. The van der Waals surface area contributed by atoms with E-state index in [1.807, 2.05) is 6.07 Å². The molecular formula is C15H21NO3. The van der Waals surface area contributed by atoms with Gasteiger partial charge in [0.2, 0.25) is 0 Å². The van der Waals surface area contributed by atoms with Gasteiger partial charge in [0.25, 0.3) is 5.91 Å². The van der Waals surface area contributed by atoms with Gasteiger partial charge in [0, 0.05) is 6.54 Å². The van der Waals surface area contributed by atoms with Gasteiger partial charge in [-0.1, -0.05) is 36.8 Å². The van der Waals surface area contributed by atoms with Gasteiger partial charge in [-0.05, 0) is 30.7 Å². The summed E-state index contributed by atoms with van der Waals surface area (Å²) in [7, 11) is 0.